The van der Waals surface area contributed by atoms with Gasteiger partial charge in [0.05, 0.1) is 24.8 Å². The zero-order chi connectivity index (χ0) is 11.7. The number of pyridine rings is 1. The van der Waals surface area contributed by atoms with Crippen LogP contribution in [0.1, 0.15) is 5.82 Å². The monoisotopic (exact) mass is 252 g/mol. The average molecular weight is 253 g/mol. The van der Waals surface area contributed by atoms with E-state index in [2.05, 4.69) is 15.1 Å². The van der Waals surface area contributed by atoms with Crippen LogP contribution < -0.4 is 0 Å². The normalized spacial score (nSPS) is 17.7. The second-order valence-electron chi connectivity index (χ2n) is 4.08. The van der Waals surface area contributed by atoms with E-state index < -0.39 is 0 Å². The number of fused-ring (bicyclic) bond motifs is 1. The van der Waals surface area contributed by atoms with Crippen molar-refractivity contribution >= 4 is 17.2 Å². The summed E-state index contributed by atoms with van der Waals surface area (Å²) in [6.07, 6.45) is 1.85. The maximum absolute atomic E-state index is 5.98. The van der Waals surface area contributed by atoms with E-state index in [-0.39, 0.29) is 0 Å². The summed E-state index contributed by atoms with van der Waals surface area (Å²) in [5.74, 6) is 0.921. The fourth-order valence-electron chi connectivity index (χ4n) is 1.98. The molecule has 2 aromatic rings. The van der Waals surface area contributed by atoms with Crippen LogP contribution in [0.2, 0.25) is 5.02 Å². The Kier molecular flexibility index (Phi) is 2.96. The number of ether oxygens (including phenoxy) is 1. The van der Waals surface area contributed by atoms with Gasteiger partial charge in [0.15, 0.2) is 11.5 Å². The number of hydrogen-bond donors (Lipinski definition) is 0. The van der Waals surface area contributed by atoms with Gasteiger partial charge in [0.1, 0.15) is 0 Å². The van der Waals surface area contributed by atoms with Crippen molar-refractivity contribution in [3.8, 4) is 0 Å². The van der Waals surface area contributed by atoms with E-state index in [9.17, 15) is 0 Å². The Bertz CT molecular complexity index is 521. The minimum Gasteiger partial charge on any atom is -0.379 e. The second kappa shape index (κ2) is 4.60. The first-order chi connectivity index (χ1) is 8.33. The van der Waals surface area contributed by atoms with Crippen LogP contribution in [-0.2, 0) is 11.3 Å². The zero-order valence-electron chi connectivity index (χ0n) is 9.34. The molecule has 0 radical (unpaired) electrons. The Balaban J connectivity index is 1.86. The molecule has 1 fully saturated rings. The summed E-state index contributed by atoms with van der Waals surface area (Å²) in [5, 5.41) is 9.02. The van der Waals surface area contributed by atoms with Gasteiger partial charge in [-0.05, 0) is 12.1 Å². The molecule has 6 heteroatoms. The topological polar surface area (TPSA) is 42.7 Å². The lowest BCUT2D eigenvalue weighted by Gasteiger charge is -2.25. The minimum atomic E-state index is 0.695. The lowest BCUT2D eigenvalue weighted by molar-refractivity contribution is 0.0329. The number of halogens is 1. The molecule has 0 aliphatic carbocycles. The van der Waals surface area contributed by atoms with E-state index in [0.29, 0.717) is 5.02 Å². The molecule has 3 heterocycles. The maximum Gasteiger partial charge on any atom is 0.160 e. The summed E-state index contributed by atoms with van der Waals surface area (Å²) in [4.78, 5) is 2.31. The summed E-state index contributed by atoms with van der Waals surface area (Å²) in [5.41, 5.74) is 0.831. The van der Waals surface area contributed by atoms with E-state index in [4.69, 9.17) is 16.3 Å². The Morgan fingerprint density at radius 1 is 1.24 bits per heavy atom. The van der Waals surface area contributed by atoms with Crippen LogP contribution in [0, 0.1) is 0 Å². The van der Waals surface area contributed by atoms with Crippen LogP contribution in [0.3, 0.4) is 0 Å². The molecule has 0 atom stereocenters. The van der Waals surface area contributed by atoms with Crippen molar-refractivity contribution in [3.63, 3.8) is 0 Å². The van der Waals surface area contributed by atoms with Crippen LogP contribution >= 0.6 is 11.6 Å². The Morgan fingerprint density at radius 2 is 2.06 bits per heavy atom. The largest absolute Gasteiger partial charge is 0.379 e. The minimum absolute atomic E-state index is 0.695. The maximum atomic E-state index is 5.98. The quantitative estimate of drug-likeness (QED) is 0.806. The third-order valence-electron chi connectivity index (χ3n) is 2.91. The summed E-state index contributed by atoms with van der Waals surface area (Å²) < 4.78 is 7.26. The third-order valence-corrected chi connectivity index (χ3v) is 3.13. The fraction of sp³-hybridized carbons (Fsp3) is 0.455. The van der Waals surface area contributed by atoms with Gasteiger partial charge in [-0.2, -0.15) is 0 Å². The molecule has 2 aromatic heterocycles. The second-order valence-corrected chi connectivity index (χ2v) is 4.52. The molecule has 1 saturated heterocycles. The van der Waals surface area contributed by atoms with Gasteiger partial charge in [0, 0.05) is 19.3 Å². The van der Waals surface area contributed by atoms with E-state index in [0.717, 1.165) is 44.3 Å². The Labute approximate surface area is 104 Å². The van der Waals surface area contributed by atoms with Gasteiger partial charge >= 0.3 is 0 Å². The van der Waals surface area contributed by atoms with E-state index in [1.54, 1.807) is 0 Å². The van der Waals surface area contributed by atoms with Crippen molar-refractivity contribution in [2.45, 2.75) is 6.54 Å². The highest BCUT2D eigenvalue weighted by molar-refractivity contribution is 6.30. The summed E-state index contributed by atoms with van der Waals surface area (Å²) in [6, 6.07) is 3.70. The molecule has 0 unspecified atom stereocenters. The van der Waals surface area contributed by atoms with Crippen molar-refractivity contribution in [2.24, 2.45) is 0 Å². The van der Waals surface area contributed by atoms with Gasteiger partial charge in [-0.25, -0.2) is 0 Å². The predicted octanol–water partition coefficient (Wildman–Crippen LogP) is 1.21. The van der Waals surface area contributed by atoms with Crippen molar-refractivity contribution in [2.75, 3.05) is 26.3 Å². The molecule has 0 aromatic carbocycles. The van der Waals surface area contributed by atoms with E-state index in [1.807, 2.05) is 22.7 Å². The molecule has 0 N–H and O–H groups in total. The molecule has 1 aliphatic heterocycles. The first-order valence-electron chi connectivity index (χ1n) is 5.62. The molecule has 3 rings (SSSR count). The number of nitrogens with zero attached hydrogens (tertiary/aromatic N) is 4. The number of aromatic nitrogens is 3. The van der Waals surface area contributed by atoms with Gasteiger partial charge in [0.25, 0.3) is 0 Å². The standard InChI is InChI=1S/C11H13ClN4O/c12-9-1-2-10-13-14-11(16(10)7-9)8-15-3-5-17-6-4-15/h1-2,7H,3-6,8H2. The third kappa shape index (κ3) is 2.26. The SMILES string of the molecule is Clc1ccc2nnc(CN3CCOCC3)n2c1. The van der Waals surface area contributed by atoms with Crippen LogP contribution in [0.25, 0.3) is 5.65 Å². The molecule has 0 saturated carbocycles. The summed E-state index contributed by atoms with van der Waals surface area (Å²) in [7, 11) is 0. The zero-order valence-corrected chi connectivity index (χ0v) is 10.1. The summed E-state index contributed by atoms with van der Waals surface area (Å²) >= 11 is 5.98. The lowest BCUT2D eigenvalue weighted by atomic mass is 10.4. The van der Waals surface area contributed by atoms with Gasteiger partial charge < -0.3 is 4.74 Å². The predicted molar refractivity (Wildman–Crippen MR) is 64.1 cm³/mol. The highest BCUT2D eigenvalue weighted by Crippen LogP contribution is 2.13. The Hall–Kier alpha value is -1.17. The highest BCUT2D eigenvalue weighted by Gasteiger charge is 2.14. The van der Waals surface area contributed by atoms with Gasteiger partial charge in [-0.3, -0.25) is 9.30 Å². The Morgan fingerprint density at radius 3 is 2.88 bits per heavy atom. The molecule has 1 aliphatic rings. The summed E-state index contributed by atoms with van der Waals surface area (Å²) in [6.45, 7) is 4.24. The molecule has 0 bridgehead atoms. The first kappa shape index (κ1) is 11.0. The first-order valence-corrected chi connectivity index (χ1v) is 6.00. The molecule has 90 valence electrons. The number of morpholine rings is 1. The number of rotatable bonds is 2. The van der Waals surface area contributed by atoms with Crippen LogP contribution in [0.4, 0.5) is 0 Å². The van der Waals surface area contributed by atoms with Crippen molar-refractivity contribution in [1.29, 1.82) is 0 Å². The van der Waals surface area contributed by atoms with Crippen LogP contribution in [0.5, 0.6) is 0 Å². The van der Waals surface area contributed by atoms with E-state index in [1.165, 1.54) is 0 Å². The van der Waals surface area contributed by atoms with Gasteiger partial charge in [-0.1, -0.05) is 11.6 Å². The molecular formula is C11H13ClN4O. The molecule has 0 amide bonds. The molecule has 0 spiro atoms. The van der Waals surface area contributed by atoms with Crippen LogP contribution in [-0.4, -0.2) is 45.8 Å². The van der Waals surface area contributed by atoms with Gasteiger partial charge in [0.2, 0.25) is 0 Å². The fourth-order valence-corrected chi connectivity index (χ4v) is 2.14. The van der Waals surface area contributed by atoms with Crippen molar-refractivity contribution in [1.82, 2.24) is 19.5 Å². The number of hydrogen-bond acceptors (Lipinski definition) is 4. The van der Waals surface area contributed by atoms with Crippen molar-refractivity contribution in [3.05, 3.63) is 29.2 Å². The molecule has 17 heavy (non-hydrogen) atoms. The smallest absolute Gasteiger partial charge is 0.160 e. The lowest BCUT2D eigenvalue weighted by Crippen LogP contribution is -2.36. The van der Waals surface area contributed by atoms with Crippen LogP contribution in [0.15, 0.2) is 18.3 Å². The average Bonchev–Trinajstić information content (AvgIpc) is 2.73. The van der Waals surface area contributed by atoms with Crippen molar-refractivity contribution < 1.29 is 4.74 Å². The highest BCUT2D eigenvalue weighted by atomic mass is 35.5. The molecular weight excluding hydrogens is 240 g/mol. The van der Waals surface area contributed by atoms with E-state index >= 15 is 0 Å². The van der Waals surface area contributed by atoms with Gasteiger partial charge in [-0.15, -0.1) is 10.2 Å². The molecule has 5 nitrogen and oxygen atoms in total.